The van der Waals surface area contributed by atoms with Gasteiger partial charge in [0.25, 0.3) is 0 Å². The Morgan fingerprint density at radius 1 is 1.36 bits per heavy atom. The molecule has 0 amide bonds. The molecule has 2 heteroatoms. The van der Waals surface area contributed by atoms with Crippen molar-refractivity contribution < 1.29 is 4.84 Å². The van der Waals surface area contributed by atoms with Crippen LogP contribution >= 0.6 is 0 Å². The van der Waals surface area contributed by atoms with Crippen LogP contribution < -0.4 is 10.3 Å². The third kappa shape index (κ3) is 3.62. The Labute approximate surface area is 86.6 Å². The van der Waals surface area contributed by atoms with E-state index >= 15 is 0 Å². The summed E-state index contributed by atoms with van der Waals surface area (Å²) in [4.78, 5) is 5.16. The van der Waals surface area contributed by atoms with E-state index in [-0.39, 0.29) is 0 Å². The van der Waals surface area contributed by atoms with E-state index in [1.165, 1.54) is 5.56 Å². The first kappa shape index (κ1) is 12.7. The van der Waals surface area contributed by atoms with Crippen molar-refractivity contribution in [2.45, 2.75) is 20.8 Å². The van der Waals surface area contributed by atoms with Gasteiger partial charge in [0.2, 0.25) is 0 Å². The predicted octanol–water partition coefficient (Wildman–Crippen LogP) is 3.18. The Morgan fingerprint density at radius 3 is 2.50 bits per heavy atom. The zero-order valence-corrected chi connectivity index (χ0v) is 9.42. The van der Waals surface area contributed by atoms with Gasteiger partial charge in [0, 0.05) is 12.6 Å². The van der Waals surface area contributed by atoms with Gasteiger partial charge in [-0.25, -0.2) is 0 Å². The lowest BCUT2D eigenvalue weighted by atomic mass is 10.1. The molecule has 0 saturated heterocycles. The highest BCUT2D eigenvalue weighted by Gasteiger charge is 1.98. The standard InChI is InChI=1S/C10H13NO.C2H6/c1-4-9-7-8(2)5-6-10(9)12-11-3;1-2/h4-7,11H,1H2,2-3H3;1-2H3. The second-order valence-electron chi connectivity index (χ2n) is 2.55. The fraction of sp³-hybridized carbons (Fsp3) is 0.333. The van der Waals surface area contributed by atoms with Gasteiger partial charge in [0.1, 0.15) is 0 Å². The molecule has 0 aromatic heterocycles. The summed E-state index contributed by atoms with van der Waals surface area (Å²) >= 11 is 0. The average molecular weight is 193 g/mol. The molecule has 0 fully saturated rings. The number of nitrogens with one attached hydrogen (secondary N) is 1. The molecule has 0 bridgehead atoms. The van der Waals surface area contributed by atoms with Gasteiger partial charge in [-0.2, -0.15) is 5.48 Å². The molecule has 1 aromatic rings. The lowest BCUT2D eigenvalue weighted by Gasteiger charge is -2.06. The van der Waals surface area contributed by atoms with Gasteiger partial charge in [-0.3, -0.25) is 0 Å². The van der Waals surface area contributed by atoms with Gasteiger partial charge >= 0.3 is 0 Å². The van der Waals surface area contributed by atoms with Crippen molar-refractivity contribution in [2.75, 3.05) is 7.05 Å². The highest BCUT2D eigenvalue weighted by Crippen LogP contribution is 2.19. The fourth-order valence-electron chi connectivity index (χ4n) is 1.03. The van der Waals surface area contributed by atoms with E-state index in [1.807, 2.05) is 39.0 Å². The molecule has 1 aromatic carbocycles. The minimum absolute atomic E-state index is 0.804. The van der Waals surface area contributed by atoms with Crippen molar-refractivity contribution in [3.05, 3.63) is 35.9 Å². The van der Waals surface area contributed by atoms with Crippen LogP contribution in [0.4, 0.5) is 0 Å². The van der Waals surface area contributed by atoms with Gasteiger partial charge in [-0.15, -0.1) is 0 Å². The minimum Gasteiger partial charge on any atom is -0.408 e. The second-order valence-corrected chi connectivity index (χ2v) is 2.55. The first-order valence-corrected chi connectivity index (χ1v) is 4.84. The lowest BCUT2D eigenvalue weighted by Crippen LogP contribution is -2.11. The minimum atomic E-state index is 0.804. The van der Waals surface area contributed by atoms with Crippen molar-refractivity contribution in [1.29, 1.82) is 0 Å². The van der Waals surface area contributed by atoms with Crippen LogP contribution in [-0.2, 0) is 0 Å². The maximum absolute atomic E-state index is 5.16. The maximum atomic E-state index is 5.16. The maximum Gasteiger partial charge on any atom is 0.154 e. The van der Waals surface area contributed by atoms with Crippen LogP contribution in [0.2, 0.25) is 0 Å². The van der Waals surface area contributed by atoms with Crippen LogP contribution in [0.5, 0.6) is 5.75 Å². The van der Waals surface area contributed by atoms with Gasteiger partial charge in [0.05, 0.1) is 0 Å². The summed E-state index contributed by atoms with van der Waals surface area (Å²) in [5.74, 6) is 0.804. The fourth-order valence-corrected chi connectivity index (χ4v) is 1.03. The molecule has 0 aliphatic carbocycles. The van der Waals surface area contributed by atoms with E-state index in [1.54, 1.807) is 13.1 Å². The van der Waals surface area contributed by atoms with E-state index in [2.05, 4.69) is 12.1 Å². The summed E-state index contributed by atoms with van der Waals surface area (Å²) in [6, 6.07) is 5.95. The Hall–Kier alpha value is -1.28. The normalized spacial score (nSPS) is 8.57. The molecule has 0 radical (unpaired) electrons. The third-order valence-electron chi connectivity index (χ3n) is 1.60. The SMILES string of the molecule is C=Cc1cc(C)ccc1ONC.CC. The molecule has 0 atom stereocenters. The van der Waals surface area contributed by atoms with Crippen molar-refractivity contribution in [3.8, 4) is 5.75 Å². The zero-order chi connectivity index (χ0) is 11.0. The first-order valence-electron chi connectivity index (χ1n) is 4.84. The molecular weight excluding hydrogens is 174 g/mol. The van der Waals surface area contributed by atoms with E-state index in [0.29, 0.717) is 0 Å². The zero-order valence-electron chi connectivity index (χ0n) is 9.42. The Balaban J connectivity index is 0.000000791. The molecule has 78 valence electrons. The monoisotopic (exact) mass is 193 g/mol. The first-order chi connectivity index (χ1) is 6.77. The van der Waals surface area contributed by atoms with Crippen LogP contribution in [0, 0.1) is 6.92 Å². The Bertz CT molecular complexity index is 282. The molecule has 0 saturated carbocycles. The molecule has 1 N–H and O–H groups in total. The molecule has 1 rings (SSSR count). The number of benzene rings is 1. The smallest absolute Gasteiger partial charge is 0.154 e. The lowest BCUT2D eigenvalue weighted by molar-refractivity contribution is 0.223. The quantitative estimate of drug-likeness (QED) is 0.744. The number of aryl methyl sites for hydroxylation is 1. The van der Waals surface area contributed by atoms with Crippen molar-refractivity contribution in [2.24, 2.45) is 0 Å². The largest absolute Gasteiger partial charge is 0.408 e. The van der Waals surface area contributed by atoms with Crippen LogP contribution in [0.1, 0.15) is 25.0 Å². The van der Waals surface area contributed by atoms with Crippen molar-refractivity contribution >= 4 is 6.08 Å². The van der Waals surface area contributed by atoms with Gasteiger partial charge in [-0.1, -0.05) is 38.1 Å². The molecule has 0 unspecified atom stereocenters. The topological polar surface area (TPSA) is 21.3 Å². The molecule has 0 aliphatic heterocycles. The molecule has 2 nitrogen and oxygen atoms in total. The van der Waals surface area contributed by atoms with E-state index < -0.39 is 0 Å². The van der Waals surface area contributed by atoms with Crippen LogP contribution in [0.15, 0.2) is 24.8 Å². The van der Waals surface area contributed by atoms with E-state index in [9.17, 15) is 0 Å². The molecule has 0 spiro atoms. The van der Waals surface area contributed by atoms with Crippen LogP contribution in [-0.4, -0.2) is 7.05 Å². The number of hydrogen-bond donors (Lipinski definition) is 1. The molecule has 0 heterocycles. The van der Waals surface area contributed by atoms with Gasteiger partial charge in [0.15, 0.2) is 5.75 Å². The van der Waals surface area contributed by atoms with E-state index in [0.717, 1.165) is 11.3 Å². The Morgan fingerprint density at radius 2 is 2.00 bits per heavy atom. The highest BCUT2D eigenvalue weighted by molar-refractivity contribution is 5.56. The third-order valence-corrected chi connectivity index (χ3v) is 1.60. The molecule has 0 aliphatic rings. The second kappa shape index (κ2) is 7.15. The van der Waals surface area contributed by atoms with E-state index in [4.69, 9.17) is 4.84 Å². The number of hydroxylamine groups is 1. The van der Waals surface area contributed by atoms with Crippen molar-refractivity contribution in [1.82, 2.24) is 5.48 Å². The Kier molecular flexibility index (Phi) is 6.50. The van der Waals surface area contributed by atoms with Crippen LogP contribution in [0.3, 0.4) is 0 Å². The predicted molar refractivity (Wildman–Crippen MR) is 62.3 cm³/mol. The number of hydrogen-bond acceptors (Lipinski definition) is 2. The van der Waals surface area contributed by atoms with Crippen molar-refractivity contribution in [3.63, 3.8) is 0 Å². The van der Waals surface area contributed by atoms with Crippen LogP contribution in [0.25, 0.3) is 6.08 Å². The summed E-state index contributed by atoms with van der Waals surface area (Å²) in [6.07, 6.45) is 1.78. The summed E-state index contributed by atoms with van der Waals surface area (Å²) in [6.45, 7) is 9.75. The molecule has 14 heavy (non-hydrogen) atoms. The summed E-state index contributed by atoms with van der Waals surface area (Å²) < 4.78 is 0. The summed E-state index contributed by atoms with van der Waals surface area (Å²) in [5, 5.41) is 0. The molecular formula is C12H19NO. The highest BCUT2D eigenvalue weighted by atomic mass is 16.6. The number of rotatable bonds is 3. The summed E-state index contributed by atoms with van der Waals surface area (Å²) in [7, 11) is 1.73. The average Bonchev–Trinajstić information content (AvgIpc) is 2.24. The van der Waals surface area contributed by atoms with Gasteiger partial charge in [-0.05, 0) is 19.1 Å². The van der Waals surface area contributed by atoms with Gasteiger partial charge < -0.3 is 4.84 Å². The summed E-state index contributed by atoms with van der Waals surface area (Å²) in [5.41, 5.74) is 4.84.